The summed E-state index contributed by atoms with van der Waals surface area (Å²) in [7, 11) is -1.32. The first kappa shape index (κ1) is 34.4. The van der Waals surface area contributed by atoms with Gasteiger partial charge in [-0.1, -0.05) is 37.3 Å². The zero-order valence-corrected chi connectivity index (χ0v) is 28.9. The normalized spacial score (nSPS) is 15.6. The number of benzene rings is 1. The Morgan fingerprint density at radius 1 is 1.18 bits per heavy atom. The first-order valence-corrected chi connectivity index (χ1v) is 19.3. The molecule has 2 N–H and O–H groups in total. The second kappa shape index (κ2) is 14.3. The van der Waals surface area contributed by atoms with E-state index >= 15 is 4.39 Å². The average Bonchev–Trinajstić information content (AvgIpc) is 3.34. The van der Waals surface area contributed by atoms with Crippen LogP contribution in [0.4, 0.5) is 20.6 Å². The van der Waals surface area contributed by atoms with Crippen molar-refractivity contribution in [3.05, 3.63) is 59.0 Å². The molecule has 1 aliphatic heterocycles. The molecule has 1 fully saturated rings. The molecule has 244 valence electrons. The van der Waals surface area contributed by atoms with Crippen molar-refractivity contribution in [1.82, 2.24) is 19.9 Å². The zero-order valence-electron chi connectivity index (χ0n) is 27.2. The van der Waals surface area contributed by atoms with Crippen molar-refractivity contribution in [3.8, 4) is 11.3 Å². The van der Waals surface area contributed by atoms with E-state index in [2.05, 4.69) is 40.2 Å². The number of rotatable bonds is 10. The summed E-state index contributed by atoms with van der Waals surface area (Å²) in [5.74, 6) is -0.882. The number of pyridine rings is 1. The molecule has 45 heavy (non-hydrogen) atoms. The van der Waals surface area contributed by atoms with Crippen LogP contribution in [0.2, 0.25) is 30.8 Å². The highest BCUT2D eigenvalue weighted by molar-refractivity contribution is 6.76. The number of nitrogens with one attached hydrogen (secondary N) is 2. The number of aryl methyl sites for hydroxylation is 1. The number of alkyl carbamates (subject to hydrolysis) is 1. The lowest BCUT2D eigenvalue weighted by Crippen LogP contribution is -2.49. The maximum atomic E-state index is 15.4. The molecule has 13 heteroatoms. The minimum atomic E-state index is -1.32. The number of ether oxygens (including phenoxy) is 2. The van der Waals surface area contributed by atoms with Crippen LogP contribution in [0, 0.1) is 12.7 Å². The number of piperidine rings is 1. The van der Waals surface area contributed by atoms with Gasteiger partial charge in [-0.05, 0) is 70.8 Å². The zero-order chi connectivity index (χ0) is 32.9. The molecule has 1 aromatic carbocycles. The Balaban J connectivity index is 1.58. The first-order chi connectivity index (χ1) is 21.1. The average molecular weight is 659 g/mol. The molecule has 0 radical (unpaired) electrons. The predicted octanol–water partition coefficient (Wildman–Crippen LogP) is 7.10. The van der Waals surface area contributed by atoms with Crippen molar-refractivity contribution in [3.63, 3.8) is 0 Å². The van der Waals surface area contributed by atoms with E-state index < -0.39 is 31.5 Å². The van der Waals surface area contributed by atoms with Crippen molar-refractivity contribution >= 4 is 43.1 Å². The number of nitrogens with zero attached hydrogens (tertiary/aromatic N) is 4. The summed E-state index contributed by atoms with van der Waals surface area (Å²) in [6.07, 6.45) is 2.68. The number of halogens is 2. The van der Waals surface area contributed by atoms with Gasteiger partial charge in [-0.3, -0.25) is 4.79 Å². The minimum Gasteiger partial charge on any atom is -0.444 e. The van der Waals surface area contributed by atoms with Gasteiger partial charge in [0, 0.05) is 51.3 Å². The Hall–Kier alpha value is -3.48. The van der Waals surface area contributed by atoms with Crippen LogP contribution in [0.1, 0.15) is 49.9 Å². The van der Waals surface area contributed by atoms with Gasteiger partial charge in [0.25, 0.3) is 5.91 Å². The summed E-state index contributed by atoms with van der Waals surface area (Å²) >= 11 is 6.22. The van der Waals surface area contributed by atoms with E-state index in [0.29, 0.717) is 41.8 Å². The molecule has 2 amide bonds. The van der Waals surface area contributed by atoms with E-state index in [4.69, 9.17) is 21.1 Å². The Bertz CT molecular complexity index is 1500. The number of para-hydroxylation sites is 1. The predicted molar refractivity (Wildman–Crippen MR) is 178 cm³/mol. The van der Waals surface area contributed by atoms with Gasteiger partial charge < -0.3 is 29.6 Å². The van der Waals surface area contributed by atoms with Crippen LogP contribution < -0.4 is 15.5 Å². The van der Waals surface area contributed by atoms with Crippen LogP contribution in [0.5, 0.6) is 0 Å². The van der Waals surface area contributed by atoms with E-state index in [1.54, 1.807) is 49.7 Å². The fourth-order valence-corrected chi connectivity index (χ4v) is 6.05. The summed E-state index contributed by atoms with van der Waals surface area (Å²) < 4.78 is 28.5. The maximum absolute atomic E-state index is 15.4. The van der Waals surface area contributed by atoms with Gasteiger partial charge in [0.2, 0.25) is 5.82 Å². The highest BCUT2D eigenvalue weighted by atomic mass is 35.5. The highest BCUT2D eigenvalue weighted by Gasteiger charge is 2.28. The smallest absolute Gasteiger partial charge is 0.407 e. The van der Waals surface area contributed by atoms with Gasteiger partial charge in [0.05, 0.1) is 17.1 Å². The number of aromatic nitrogens is 3. The fourth-order valence-electron chi connectivity index (χ4n) is 5.04. The SMILES string of the molecule is Cc1cc(-c2cn(COCC[Si](C)(C)C)c(C(=O)Nc3cccc(F)c3N3CCC[C@@H](NC(=O)OC(C)(C)C)C3)n2)cc(Cl)n1. The molecular formula is C32H44ClFN6O4Si. The molecule has 0 aliphatic carbocycles. The van der Waals surface area contributed by atoms with Crippen LogP contribution in [-0.2, 0) is 16.2 Å². The number of amides is 2. The molecule has 2 aromatic heterocycles. The van der Waals surface area contributed by atoms with Crippen LogP contribution in [-0.4, -0.2) is 65.9 Å². The van der Waals surface area contributed by atoms with E-state index in [1.807, 2.05) is 17.9 Å². The number of anilines is 2. The Morgan fingerprint density at radius 3 is 2.62 bits per heavy atom. The molecule has 0 saturated carbocycles. The van der Waals surface area contributed by atoms with Crippen molar-refractivity contribution in [2.24, 2.45) is 0 Å². The van der Waals surface area contributed by atoms with Crippen molar-refractivity contribution in [2.45, 2.75) is 84.6 Å². The molecule has 1 aliphatic rings. The third-order valence-corrected chi connectivity index (χ3v) is 9.02. The van der Waals surface area contributed by atoms with Gasteiger partial charge in [-0.2, -0.15) is 0 Å². The third-order valence-electron chi connectivity index (χ3n) is 7.12. The van der Waals surface area contributed by atoms with Crippen molar-refractivity contribution < 1.29 is 23.5 Å². The molecule has 1 saturated heterocycles. The molecular weight excluding hydrogens is 615 g/mol. The fraction of sp³-hybridized carbons (Fsp3) is 0.500. The lowest BCUT2D eigenvalue weighted by Gasteiger charge is -2.36. The summed E-state index contributed by atoms with van der Waals surface area (Å²) in [6.45, 7) is 15.7. The third kappa shape index (κ3) is 10.0. The molecule has 0 spiro atoms. The number of hydrogen-bond donors (Lipinski definition) is 2. The van der Waals surface area contributed by atoms with E-state index in [-0.39, 0.29) is 24.3 Å². The number of carbonyl (C=O) groups is 2. The molecule has 0 unspecified atom stereocenters. The molecule has 4 rings (SSSR count). The van der Waals surface area contributed by atoms with Gasteiger partial charge >= 0.3 is 6.09 Å². The first-order valence-electron chi connectivity index (χ1n) is 15.2. The molecule has 3 aromatic rings. The lowest BCUT2D eigenvalue weighted by molar-refractivity contribution is 0.0500. The Morgan fingerprint density at radius 2 is 1.93 bits per heavy atom. The standard InChI is InChI=1S/C32H44ClFN6O4Si/c1-21-16-22(17-27(33)35-21)26-19-40(20-43-14-15-45(5,6)7)29(37-26)30(41)38-25-12-8-11-24(34)28(25)39-13-9-10-23(18-39)36-31(42)44-32(2,3)4/h8,11-12,16-17,19,23H,9-10,13-15,18,20H2,1-7H3,(H,36,42)(H,38,41)/t23-/m1/s1. The van der Waals surface area contributed by atoms with Crippen LogP contribution in [0.25, 0.3) is 11.3 Å². The van der Waals surface area contributed by atoms with Crippen LogP contribution >= 0.6 is 11.6 Å². The minimum absolute atomic E-state index is 0.113. The second-order valence-corrected chi connectivity index (χ2v) is 19.6. The summed E-state index contributed by atoms with van der Waals surface area (Å²) in [5, 5.41) is 6.11. The monoisotopic (exact) mass is 658 g/mol. The highest BCUT2D eigenvalue weighted by Crippen LogP contribution is 2.32. The van der Waals surface area contributed by atoms with E-state index in [9.17, 15) is 9.59 Å². The Labute approximate surface area is 270 Å². The summed E-state index contributed by atoms with van der Waals surface area (Å²) in [5.41, 5.74) is 1.89. The largest absolute Gasteiger partial charge is 0.444 e. The van der Waals surface area contributed by atoms with Gasteiger partial charge in [0.15, 0.2) is 0 Å². The van der Waals surface area contributed by atoms with Crippen LogP contribution in [0.15, 0.2) is 36.5 Å². The van der Waals surface area contributed by atoms with Crippen molar-refractivity contribution in [1.29, 1.82) is 0 Å². The quantitative estimate of drug-likeness (QED) is 0.136. The number of hydrogen-bond acceptors (Lipinski definition) is 7. The van der Waals surface area contributed by atoms with Gasteiger partial charge in [-0.25, -0.2) is 19.2 Å². The molecule has 3 heterocycles. The van der Waals surface area contributed by atoms with E-state index in [1.165, 1.54) is 6.07 Å². The number of carbonyl (C=O) groups excluding carboxylic acids is 2. The van der Waals surface area contributed by atoms with Gasteiger partial charge in [-0.15, -0.1) is 0 Å². The molecule has 1 atom stereocenters. The van der Waals surface area contributed by atoms with E-state index in [0.717, 1.165) is 24.6 Å². The van der Waals surface area contributed by atoms with Crippen molar-refractivity contribution in [2.75, 3.05) is 29.9 Å². The topological polar surface area (TPSA) is 111 Å². The number of imidazole rings is 1. The second-order valence-electron chi connectivity index (χ2n) is 13.6. The molecule has 10 nitrogen and oxygen atoms in total. The van der Waals surface area contributed by atoms with Gasteiger partial charge in [0.1, 0.15) is 23.3 Å². The molecule has 0 bridgehead atoms. The maximum Gasteiger partial charge on any atom is 0.407 e. The summed E-state index contributed by atoms with van der Waals surface area (Å²) in [4.78, 5) is 36.9. The van der Waals surface area contributed by atoms with Crippen LogP contribution in [0.3, 0.4) is 0 Å². The summed E-state index contributed by atoms with van der Waals surface area (Å²) in [6, 6.07) is 8.83. The lowest BCUT2D eigenvalue weighted by atomic mass is 10.0. The Kier molecular flexibility index (Phi) is 10.9.